The molecule has 0 spiro atoms. The SMILES string of the molecule is CC/C=C\C/C=C\C/C=C\C/C=C\C/C=C\C/C=C\CCCCCCCCCCCCCCCCCCC(=O)OCC(COC(=O)CCCCCCCCCCCCCCCC)OC(=O)CCCCCCC/C=C\C/C=C\C/C=C\CC. The second-order valence-corrected chi connectivity index (χ2v) is 23.0. The molecule has 0 radical (unpaired) electrons. The van der Waals surface area contributed by atoms with E-state index in [4.69, 9.17) is 14.2 Å². The molecule has 0 saturated carbocycles. The van der Waals surface area contributed by atoms with Gasteiger partial charge in [-0.3, -0.25) is 14.4 Å². The Morgan fingerprint density at radius 1 is 0.256 bits per heavy atom. The molecule has 0 aliphatic carbocycles. The zero-order valence-electron chi connectivity index (χ0n) is 54.0. The topological polar surface area (TPSA) is 78.9 Å². The first-order valence-corrected chi connectivity index (χ1v) is 34.9. The second-order valence-electron chi connectivity index (χ2n) is 23.0. The lowest BCUT2D eigenvalue weighted by Gasteiger charge is -2.18. The number of carbonyl (C=O) groups is 3. The van der Waals surface area contributed by atoms with Crippen LogP contribution in [-0.4, -0.2) is 37.2 Å². The van der Waals surface area contributed by atoms with E-state index in [0.717, 1.165) is 135 Å². The fourth-order valence-electron chi connectivity index (χ4n) is 9.88. The van der Waals surface area contributed by atoms with Crippen molar-refractivity contribution < 1.29 is 28.6 Å². The smallest absolute Gasteiger partial charge is 0.306 e. The van der Waals surface area contributed by atoms with Crippen LogP contribution in [0.1, 0.15) is 335 Å². The molecule has 6 nitrogen and oxygen atoms in total. The van der Waals surface area contributed by atoms with Crippen LogP contribution in [0.4, 0.5) is 0 Å². The van der Waals surface area contributed by atoms with E-state index in [1.54, 1.807) is 0 Å². The van der Waals surface area contributed by atoms with Crippen LogP contribution in [0.15, 0.2) is 109 Å². The standard InChI is InChI=1S/C76H130O6/c1-4-7-10-13-16-19-22-25-28-29-30-31-32-33-34-35-36-37-38-39-40-41-42-43-44-45-46-47-49-51-54-57-60-63-66-69-75(78)81-72-73(71-80-74(77)68-65-62-59-56-53-50-27-24-21-18-15-12-9-6-3)82-76(79)70-67-64-61-58-55-52-48-26-23-20-17-14-11-8-5-2/h7-8,10-11,16-17,19-20,25-26,28,30-31,33-34,36-37,48,73H,4-6,9,12-15,18,21-24,27,29,32,35,38-47,49-72H2,1-3H3/b10-7-,11-8-,19-16-,20-17-,28-25-,31-30-,34-33-,37-36-,48-26-. The van der Waals surface area contributed by atoms with E-state index in [0.29, 0.717) is 19.3 Å². The first-order valence-electron chi connectivity index (χ1n) is 34.9. The number of rotatable bonds is 63. The Morgan fingerprint density at radius 3 is 0.744 bits per heavy atom. The first kappa shape index (κ1) is 78.1. The summed E-state index contributed by atoms with van der Waals surface area (Å²) in [4.78, 5) is 38.3. The summed E-state index contributed by atoms with van der Waals surface area (Å²) in [6, 6.07) is 0. The van der Waals surface area contributed by atoms with E-state index in [9.17, 15) is 14.4 Å². The van der Waals surface area contributed by atoms with Gasteiger partial charge in [-0.1, -0.05) is 323 Å². The molecule has 1 unspecified atom stereocenters. The van der Waals surface area contributed by atoms with Crippen LogP contribution in [0, 0.1) is 0 Å². The Bertz CT molecular complexity index is 1640. The van der Waals surface area contributed by atoms with Crippen LogP contribution in [0.2, 0.25) is 0 Å². The lowest BCUT2D eigenvalue weighted by molar-refractivity contribution is -0.167. The number of hydrogen-bond donors (Lipinski definition) is 0. The molecule has 0 amide bonds. The molecule has 0 aliphatic heterocycles. The Labute approximate surface area is 508 Å². The summed E-state index contributed by atoms with van der Waals surface area (Å²) >= 11 is 0. The highest BCUT2D eigenvalue weighted by molar-refractivity contribution is 5.71. The van der Waals surface area contributed by atoms with Crippen molar-refractivity contribution in [2.45, 2.75) is 341 Å². The zero-order chi connectivity index (χ0) is 59.2. The largest absolute Gasteiger partial charge is 0.462 e. The van der Waals surface area contributed by atoms with Crippen LogP contribution in [0.5, 0.6) is 0 Å². The number of ether oxygens (including phenoxy) is 3. The second kappa shape index (κ2) is 69.6. The normalized spacial score (nSPS) is 12.8. The lowest BCUT2D eigenvalue weighted by Crippen LogP contribution is -2.30. The highest BCUT2D eigenvalue weighted by atomic mass is 16.6. The van der Waals surface area contributed by atoms with Crippen molar-refractivity contribution in [2.24, 2.45) is 0 Å². The molecule has 1 atom stereocenters. The van der Waals surface area contributed by atoms with Crippen molar-refractivity contribution in [3.05, 3.63) is 109 Å². The van der Waals surface area contributed by atoms with Crippen molar-refractivity contribution in [3.63, 3.8) is 0 Å². The molecule has 0 saturated heterocycles. The van der Waals surface area contributed by atoms with E-state index in [2.05, 4.69) is 130 Å². The third-order valence-electron chi connectivity index (χ3n) is 15.0. The number of hydrogen-bond acceptors (Lipinski definition) is 6. The Kier molecular flexibility index (Phi) is 66.2. The maximum absolute atomic E-state index is 12.9. The quantitative estimate of drug-likeness (QED) is 0.0261. The van der Waals surface area contributed by atoms with E-state index in [1.807, 2.05) is 0 Å². The van der Waals surface area contributed by atoms with Crippen LogP contribution in [0.25, 0.3) is 0 Å². The Morgan fingerprint density at radius 2 is 0.476 bits per heavy atom. The van der Waals surface area contributed by atoms with Gasteiger partial charge < -0.3 is 14.2 Å². The van der Waals surface area contributed by atoms with Crippen molar-refractivity contribution >= 4 is 17.9 Å². The number of allylic oxidation sites excluding steroid dienone is 18. The minimum atomic E-state index is -0.785. The summed E-state index contributed by atoms with van der Waals surface area (Å²) < 4.78 is 16.9. The summed E-state index contributed by atoms with van der Waals surface area (Å²) in [6.07, 6.45) is 95.5. The van der Waals surface area contributed by atoms with Crippen molar-refractivity contribution in [1.82, 2.24) is 0 Å². The molecular formula is C76H130O6. The van der Waals surface area contributed by atoms with Crippen LogP contribution >= 0.6 is 0 Å². The zero-order valence-corrected chi connectivity index (χ0v) is 54.0. The van der Waals surface area contributed by atoms with Gasteiger partial charge in [-0.15, -0.1) is 0 Å². The maximum atomic E-state index is 12.9. The minimum absolute atomic E-state index is 0.0804. The van der Waals surface area contributed by atoms with Crippen LogP contribution in [-0.2, 0) is 28.6 Å². The highest BCUT2D eigenvalue weighted by Crippen LogP contribution is 2.17. The molecule has 82 heavy (non-hydrogen) atoms. The van der Waals surface area contributed by atoms with E-state index in [1.165, 1.54) is 161 Å². The monoisotopic (exact) mass is 1140 g/mol. The molecule has 0 heterocycles. The third kappa shape index (κ3) is 66.9. The van der Waals surface area contributed by atoms with Gasteiger partial charge in [0.2, 0.25) is 0 Å². The number of unbranched alkanes of at least 4 members (excludes halogenated alkanes) is 34. The molecule has 0 rings (SSSR count). The van der Waals surface area contributed by atoms with Crippen LogP contribution < -0.4 is 0 Å². The molecule has 0 bridgehead atoms. The number of carbonyl (C=O) groups excluding carboxylic acids is 3. The van der Waals surface area contributed by atoms with Gasteiger partial charge in [0.05, 0.1) is 0 Å². The molecule has 0 N–H and O–H groups in total. The molecule has 470 valence electrons. The van der Waals surface area contributed by atoms with Gasteiger partial charge in [-0.05, 0) is 103 Å². The van der Waals surface area contributed by atoms with Gasteiger partial charge in [0.25, 0.3) is 0 Å². The fourth-order valence-corrected chi connectivity index (χ4v) is 9.88. The van der Waals surface area contributed by atoms with Crippen LogP contribution in [0.3, 0.4) is 0 Å². The van der Waals surface area contributed by atoms with Gasteiger partial charge >= 0.3 is 17.9 Å². The number of esters is 3. The molecule has 0 aromatic carbocycles. The van der Waals surface area contributed by atoms with Gasteiger partial charge in [-0.25, -0.2) is 0 Å². The average Bonchev–Trinajstić information content (AvgIpc) is 3.48. The Balaban J connectivity index is 4.16. The fraction of sp³-hybridized carbons (Fsp3) is 0.724. The van der Waals surface area contributed by atoms with Crippen molar-refractivity contribution in [1.29, 1.82) is 0 Å². The summed E-state index contributed by atoms with van der Waals surface area (Å²) in [5.74, 6) is -0.883. The molecule has 6 heteroatoms. The predicted molar refractivity (Wildman–Crippen MR) is 357 cm³/mol. The van der Waals surface area contributed by atoms with Crippen molar-refractivity contribution in [2.75, 3.05) is 13.2 Å². The van der Waals surface area contributed by atoms with Gasteiger partial charge in [0, 0.05) is 19.3 Å². The molecule has 0 fully saturated rings. The van der Waals surface area contributed by atoms with E-state index >= 15 is 0 Å². The first-order chi connectivity index (χ1) is 40.5. The summed E-state index contributed by atoms with van der Waals surface area (Å²) in [5.41, 5.74) is 0. The lowest BCUT2D eigenvalue weighted by atomic mass is 10.0. The molecule has 0 aliphatic rings. The maximum Gasteiger partial charge on any atom is 0.306 e. The predicted octanol–water partition coefficient (Wildman–Crippen LogP) is 24.2. The Hall–Kier alpha value is -3.93. The average molecular weight is 1140 g/mol. The van der Waals surface area contributed by atoms with Crippen molar-refractivity contribution in [3.8, 4) is 0 Å². The third-order valence-corrected chi connectivity index (χ3v) is 15.0. The van der Waals surface area contributed by atoms with Gasteiger partial charge in [0.1, 0.15) is 13.2 Å². The van der Waals surface area contributed by atoms with E-state index < -0.39 is 6.10 Å². The molecule has 0 aromatic heterocycles. The van der Waals surface area contributed by atoms with Gasteiger partial charge in [-0.2, -0.15) is 0 Å². The highest BCUT2D eigenvalue weighted by Gasteiger charge is 2.19. The summed E-state index contributed by atoms with van der Waals surface area (Å²) in [6.45, 7) is 6.43. The minimum Gasteiger partial charge on any atom is -0.462 e. The van der Waals surface area contributed by atoms with Gasteiger partial charge in [0.15, 0.2) is 6.10 Å². The van der Waals surface area contributed by atoms with E-state index in [-0.39, 0.29) is 31.1 Å². The molecular weight excluding hydrogens is 1010 g/mol. The summed E-state index contributed by atoms with van der Waals surface area (Å²) in [5, 5.41) is 0. The summed E-state index contributed by atoms with van der Waals surface area (Å²) in [7, 11) is 0. The molecule has 0 aromatic rings.